The van der Waals surface area contributed by atoms with E-state index < -0.39 is 0 Å². The second kappa shape index (κ2) is 12.6. The number of ether oxygens (including phenoxy) is 1. The summed E-state index contributed by atoms with van der Waals surface area (Å²) in [6.45, 7) is 5.99. The lowest BCUT2D eigenvalue weighted by molar-refractivity contribution is 0.0741. The summed E-state index contributed by atoms with van der Waals surface area (Å²) in [5, 5.41) is 3.51. The van der Waals surface area contributed by atoms with E-state index in [2.05, 4.69) is 24.7 Å². The first-order chi connectivity index (χ1) is 19.7. The monoisotopic (exact) mass is 544 g/mol. The van der Waals surface area contributed by atoms with Crippen molar-refractivity contribution >= 4 is 28.6 Å². The fourth-order valence-electron chi connectivity index (χ4n) is 5.87. The number of likely N-dealkylation sites (tertiary alicyclic amines) is 1. The standard InChI is InChI=1S/C32H44N6O2/c1-40-27-12-10-26(11-13-27)34-32-35-29-23-33-28(22-30(29)38(32)19-5-18-36-16-3-2-4-17-36)31(39)37(20-14-24-6-7-24)21-15-25-8-9-25/h10-13,22-25H,2-9,14-21H2,1H3,(H,34,35). The molecule has 2 aliphatic carbocycles. The second-order valence-electron chi connectivity index (χ2n) is 12.0. The zero-order valence-electron chi connectivity index (χ0n) is 24.0. The van der Waals surface area contributed by atoms with Crippen LogP contribution in [0, 0.1) is 11.8 Å². The SMILES string of the molecule is COc1ccc(Nc2nc3cnc(C(=O)N(CCC4CC4)CCC4CC4)cc3n2CCCN2CCCCC2)cc1. The van der Waals surface area contributed by atoms with Crippen molar-refractivity contribution in [3.8, 4) is 5.75 Å². The van der Waals surface area contributed by atoms with Gasteiger partial charge < -0.3 is 24.4 Å². The summed E-state index contributed by atoms with van der Waals surface area (Å²) in [6, 6.07) is 9.87. The molecule has 1 saturated heterocycles. The summed E-state index contributed by atoms with van der Waals surface area (Å²) < 4.78 is 7.56. The molecule has 8 heteroatoms. The predicted octanol–water partition coefficient (Wildman–Crippen LogP) is 6.10. The number of methoxy groups -OCH3 is 1. The average molecular weight is 545 g/mol. The van der Waals surface area contributed by atoms with Gasteiger partial charge in [0.25, 0.3) is 5.91 Å². The minimum Gasteiger partial charge on any atom is -0.497 e. The van der Waals surface area contributed by atoms with E-state index in [1.165, 1.54) is 58.0 Å². The van der Waals surface area contributed by atoms with Crippen LogP contribution in [-0.2, 0) is 6.54 Å². The highest BCUT2D eigenvalue weighted by atomic mass is 16.5. The highest BCUT2D eigenvalue weighted by Crippen LogP contribution is 2.34. The van der Waals surface area contributed by atoms with Crippen LogP contribution in [0.15, 0.2) is 36.5 Å². The van der Waals surface area contributed by atoms with Crippen LogP contribution in [0.3, 0.4) is 0 Å². The van der Waals surface area contributed by atoms with E-state index in [9.17, 15) is 4.79 Å². The molecule has 8 nitrogen and oxygen atoms in total. The van der Waals surface area contributed by atoms with Crippen LogP contribution in [0.25, 0.3) is 11.0 Å². The van der Waals surface area contributed by atoms with Crippen LogP contribution in [0.2, 0.25) is 0 Å². The number of fused-ring (bicyclic) bond motifs is 1. The molecule has 3 fully saturated rings. The molecular weight excluding hydrogens is 500 g/mol. The number of piperidine rings is 1. The van der Waals surface area contributed by atoms with Gasteiger partial charge in [-0.1, -0.05) is 32.1 Å². The summed E-state index contributed by atoms with van der Waals surface area (Å²) in [5.74, 6) is 3.28. The Morgan fingerprint density at radius 2 is 1.70 bits per heavy atom. The van der Waals surface area contributed by atoms with Gasteiger partial charge in [-0.05, 0) is 93.9 Å². The molecule has 0 spiro atoms. The lowest BCUT2D eigenvalue weighted by Crippen LogP contribution is -2.34. The van der Waals surface area contributed by atoms with Gasteiger partial charge in [-0.15, -0.1) is 0 Å². The number of nitrogens with one attached hydrogen (secondary N) is 1. The summed E-state index contributed by atoms with van der Waals surface area (Å²) in [5.41, 5.74) is 3.27. The molecule has 1 aromatic carbocycles. The largest absolute Gasteiger partial charge is 0.497 e. The van der Waals surface area contributed by atoms with Crippen LogP contribution in [0.1, 0.15) is 74.7 Å². The van der Waals surface area contributed by atoms with Crippen molar-refractivity contribution in [2.45, 2.75) is 70.8 Å². The summed E-state index contributed by atoms with van der Waals surface area (Å²) in [6.07, 6.45) is 14.2. The molecule has 2 saturated carbocycles. The van der Waals surface area contributed by atoms with Gasteiger partial charge in [0.1, 0.15) is 17.0 Å². The number of amides is 1. The van der Waals surface area contributed by atoms with E-state index in [0.717, 1.165) is 85.7 Å². The topological polar surface area (TPSA) is 75.5 Å². The number of aryl methyl sites for hydroxylation is 1. The number of carbonyl (C=O) groups excluding carboxylic acids is 1. The molecule has 0 radical (unpaired) electrons. The molecule has 1 aliphatic heterocycles. The lowest BCUT2D eigenvalue weighted by Gasteiger charge is -2.26. The Hall–Kier alpha value is -3.13. The van der Waals surface area contributed by atoms with Gasteiger partial charge >= 0.3 is 0 Å². The van der Waals surface area contributed by atoms with Gasteiger partial charge in [-0.3, -0.25) is 4.79 Å². The van der Waals surface area contributed by atoms with E-state index in [0.29, 0.717) is 5.69 Å². The molecule has 40 heavy (non-hydrogen) atoms. The first kappa shape index (κ1) is 27.1. The quantitative estimate of drug-likeness (QED) is 0.264. The first-order valence-electron chi connectivity index (χ1n) is 15.5. The fraction of sp³-hybridized carbons (Fsp3) is 0.594. The molecule has 1 amide bonds. The van der Waals surface area contributed by atoms with E-state index >= 15 is 0 Å². The Morgan fingerprint density at radius 3 is 2.35 bits per heavy atom. The van der Waals surface area contributed by atoms with Crippen molar-refractivity contribution in [3.63, 3.8) is 0 Å². The molecule has 0 atom stereocenters. The number of pyridine rings is 1. The number of rotatable bonds is 14. The molecule has 214 valence electrons. The van der Waals surface area contributed by atoms with Gasteiger partial charge in [0, 0.05) is 25.3 Å². The predicted molar refractivity (Wildman–Crippen MR) is 159 cm³/mol. The second-order valence-corrected chi connectivity index (χ2v) is 12.0. The third-order valence-electron chi connectivity index (χ3n) is 8.80. The third kappa shape index (κ3) is 6.95. The molecule has 0 unspecified atom stereocenters. The van der Waals surface area contributed by atoms with Crippen LogP contribution < -0.4 is 10.1 Å². The zero-order chi connectivity index (χ0) is 27.3. The molecule has 2 aromatic heterocycles. The summed E-state index contributed by atoms with van der Waals surface area (Å²) in [7, 11) is 1.68. The smallest absolute Gasteiger partial charge is 0.272 e. The number of imidazole rings is 1. The number of anilines is 2. The first-order valence-corrected chi connectivity index (χ1v) is 15.5. The van der Waals surface area contributed by atoms with E-state index in [1.54, 1.807) is 13.3 Å². The van der Waals surface area contributed by atoms with Gasteiger partial charge in [-0.25, -0.2) is 9.97 Å². The Morgan fingerprint density at radius 1 is 1.00 bits per heavy atom. The fourth-order valence-corrected chi connectivity index (χ4v) is 5.87. The molecular formula is C32H44N6O2. The molecule has 1 N–H and O–H groups in total. The van der Waals surface area contributed by atoms with Crippen molar-refractivity contribution in [2.24, 2.45) is 11.8 Å². The number of hydrogen-bond acceptors (Lipinski definition) is 6. The minimum atomic E-state index is 0.0638. The maximum Gasteiger partial charge on any atom is 0.272 e. The van der Waals surface area contributed by atoms with Crippen LogP contribution in [0.4, 0.5) is 11.6 Å². The van der Waals surface area contributed by atoms with Crippen LogP contribution in [-0.4, -0.2) is 70.1 Å². The van der Waals surface area contributed by atoms with Gasteiger partial charge in [0.2, 0.25) is 5.95 Å². The van der Waals surface area contributed by atoms with E-state index in [1.807, 2.05) is 30.3 Å². The number of benzene rings is 1. The normalized spacial score (nSPS) is 17.7. The Labute approximate surface area is 238 Å². The number of aromatic nitrogens is 3. The molecule has 3 heterocycles. The highest BCUT2D eigenvalue weighted by molar-refractivity contribution is 5.95. The van der Waals surface area contributed by atoms with Crippen molar-refractivity contribution in [1.82, 2.24) is 24.3 Å². The molecule has 3 aromatic rings. The molecule has 6 rings (SSSR count). The Bertz CT molecular complexity index is 1260. The minimum absolute atomic E-state index is 0.0638. The van der Waals surface area contributed by atoms with E-state index in [4.69, 9.17) is 9.72 Å². The summed E-state index contributed by atoms with van der Waals surface area (Å²) in [4.78, 5) is 27.9. The number of hydrogen-bond donors (Lipinski definition) is 1. The zero-order valence-corrected chi connectivity index (χ0v) is 24.0. The van der Waals surface area contributed by atoms with Crippen molar-refractivity contribution < 1.29 is 9.53 Å². The van der Waals surface area contributed by atoms with Gasteiger partial charge in [0.05, 0.1) is 18.8 Å². The maximum absolute atomic E-state index is 13.7. The molecule has 3 aliphatic rings. The van der Waals surface area contributed by atoms with E-state index in [-0.39, 0.29) is 5.91 Å². The van der Waals surface area contributed by atoms with Crippen LogP contribution in [0.5, 0.6) is 5.75 Å². The summed E-state index contributed by atoms with van der Waals surface area (Å²) >= 11 is 0. The lowest BCUT2D eigenvalue weighted by atomic mass is 10.1. The Balaban J connectivity index is 1.24. The number of nitrogens with zero attached hydrogens (tertiary/aromatic N) is 5. The third-order valence-corrected chi connectivity index (χ3v) is 8.80. The van der Waals surface area contributed by atoms with Crippen molar-refractivity contribution in [1.29, 1.82) is 0 Å². The number of carbonyl (C=O) groups is 1. The Kier molecular flexibility index (Phi) is 8.51. The highest BCUT2D eigenvalue weighted by Gasteiger charge is 2.27. The van der Waals surface area contributed by atoms with Crippen molar-refractivity contribution in [3.05, 3.63) is 42.2 Å². The van der Waals surface area contributed by atoms with Gasteiger partial charge in [-0.2, -0.15) is 0 Å². The maximum atomic E-state index is 13.7. The van der Waals surface area contributed by atoms with Gasteiger partial charge in [0.15, 0.2) is 0 Å². The van der Waals surface area contributed by atoms with Crippen molar-refractivity contribution in [2.75, 3.05) is 45.2 Å². The average Bonchev–Trinajstić information content (AvgIpc) is 3.93. The van der Waals surface area contributed by atoms with Crippen LogP contribution >= 0.6 is 0 Å². The molecule has 0 bridgehead atoms.